The van der Waals surface area contributed by atoms with Crippen LogP contribution in [0.5, 0.6) is 0 Å². The zero-order valence-corrected chi connectivity index (χ0v) is 13.8. The molecule has 1 aromatic carbocycles. The number of imide groups is 1. The van der Waals surface area contributed by atoms with Crippen LogP contribution in [0.1, 0.15) is 19.3 Å². The molecule has 3 heterocycles. The Kier molecular flexibility index (Phi) is 4.00. The van der Waals surface area contributed by atoms with Gasteiger partial charge in [-0.15, -0.1) is 0 Å². The number of hydrogen-bond acceptors (Lipinski definition) is 5. The molecular weight excluding hydrogens is 336 g/mol. The molecule has 2 aromatic heterocycles. The van der Waals surface area contributed by atoms with Crippen LogP contribution in [0, 0.1) is 0 Å². The Labute approximate surface area is 148 Å². The summed E-state index contributed by atoms with van der Waals surface area (Å²) in [6, 6.07) is 8.91. The van der Waals surface area contributed by atoms with E-state index in [9.17, 15) is 14.4 Å². The lowest BCUT2D eigenvalue weighted by atomic mass is 10.2. The van der Waals surface area contributed by atoms with Crippen molar-refractivity contribution in [3.05, 3.63) is 36.6 Å². The number of aromatic amines is 1. The Morgan fingerprint density at radius 3 is 2.77 bits per heavy atom. The first-order chi connectivity index (χ1) is 12.6. The zero-order valence-electron chi connectivity index (χ0n) is 13.8. The molecule has 1 fully saturated rings. The number of carbonyl (C=O) groups excluding carboxylic acids is 3. The predicted octanol–water partition coefficient (Wildman–Crippen LogP) is 2.30. The minimum absolute atomic E-state index is 0.0656. The van der Waals surface area contributed by atoms with Gasteiger partial charge in [-0.3, -0.25) is 19.3 Å². The third kappa shape index (κ3) is 3.08. The van der Waals surface area contributed by atoms with Gasteiger partial charge in [0.2, 0.25) is 17.7 Å². The van der Waals surface area contributed by atoms with Crippen LogP contribution in [-0.4, -0.2) is 39.1 Å². The van der Waals surface area contributed by atoms with Crippen LogP contribution < -0.4 is 5.32 Å². The fourth-order valence-electron chi connectivity index (χ4n) is 2.93. The molecule has 1 aliphatic rings. The number of benzene rings is 1. The van der Waals surface area contributed by atoms with Crippen molar-refractivity contribution in [3.63, 3.8) is 0 Å². The molecule has 0 aliphatic carbocycles. The number of nitrogens with zero attached hydrogens (tertiary/aromatic N) is 2. The topological polar surface area (TPSA) is 108 Å². The van der Waals surface area contributed by atoms with E-state index in [0.717, 1.165) is 15.9 Å². The minimum Gasteiger partial charge on any atom is -0.461 e. The van der Waals surface area contributed by atoms with E-state index in [4.69, 9.17) is 4.42 Å². The summed E-state index contributed by atoms with van der Waals surface area (Å²) < 4.78 is 5.32. The fourth-order valence-corrected chi connectivity index (χ4v) is 2.93. The highest BCUT2D eigenvalue weighted by Crippen LogP contribution is 2.23. The van der Waals surface area contributed by atoms with Gasteiger partial charge in [-0.2, -0.15) is 0 Å². The van der Waals surface area contributed by atoms with Crippen molar-refractivity contribution in [1.29, 1.82) is 0 Å². The van der Waals surface area contributed by atoms with Gasteiger partial charge >= 0.3 is 0 Å². The summed E-state index contributed by atoms with van der Waals surface area (Å²) >= 11 is 0. The van der Waals surface area contributed by atoms with E-state index in [1.165, 1.54) is 0 Å². The molecule has 0 radical (unpaired) electrons. The third-order valence-electron chi connectivity index (χ3n) is 4.24. The summed E-state index contributed by atoms with van der Waals surface area (Å²) in [4.78, 5) is 44.0. The number of rotatable bonds is 5. The molecule has 132 valence electrons. The van der Waals surface area contributed by atoms with Crippen LogP contribution in [0.4, 0.5) is 5.69 Å². The second-order valence-electron chi connectivity index (χ2n) is 6.03. The van der Waals surface area contributed by atoms with Gasteiger partial charge in [0, 0.05) is 31.5 Å². The van der Waals surface area contributed by atoms with E-state index in [1.54, 1.807) is 36.6 Å². The Balaban J connectivity index is 1.42. The maximum atomic E-state index is 12.1. The van der Waals surface area contributed by atoms with Crippen molar-refractivity contribution in [2.45, 2.75) is 19.3 Å². The summed E-state index contributed by atoms with van der Waals surface area (Å²) in [5.74, 6) is 0.549. The van der Waals surface area contributed by atoms with Crippen LogP contribution in [-0.2, 0) is 14.4 Å². The molecule has 0 unspecified atom stereocenters. The molecule has 1 saturated heterocycles. The van der Waals surface area contributed by atoms with E-state index in [2.05, 4.69) is 15.3 Å². The third-order valence-corrected chi connectivity index (χ3v) is 4.24. The highest BCUT2D eigenvalue weighted by atomic mass is 16.3. The second kappa shape index (κ2) is 6.47. The predicted molar refractivity (Wildman–Crippen MR) is 93.0 cm³/mol. The Hall–Kier alpha value is -3.42. The van der Waals surface area contributed by atoms with Gasteiger partial charge in [0.15, 0.2) is 11.6 Å². The van der Waals surface area contributed by atoms with Gasteiger partial charge in [0.25, 0.3) is 0 Å². The lowest BCUT2D eigenvalue weighted by molar-refractivity contribution is -0.138. The monoisotopic (exact) mass is 352 g/mol. The quantitative estimate of drug-likeness (QED) is 0.685. The number of likely N-dealkylation sites (tertiary alicyclic amines) is 1. The molecule has 4 rings (SSSR count). The van der Waals surface area contributed by atoms with Crippen molar-refractivity contribution in [1.82, 2.24) is 14.9 Å². The lowest BCUT2D eigenvalue weighted by Crippen LogP contribution is -2.32. The number of hydrogen-bond donors (Lipinski definition) is 2. The van der Waals surface area contributed by atoms with E-state index in [1.807, 2.05) is 0 Å². The number of amides is 3. The molecule has 8 nitrogen and oxygen atoms in total. The number of furan rings is 1. The van der Waals surface area contributed by atoms with Crippen molar-refractivity contribution in [3.8, 4) is 11.6 Å². The first-order valence-corrected chi connectivity index (χ1v) is 8.27. The maximum absolute atomic E-state index is 12.1. The molecule has 2 N–H and O–H groups in total. The van der Waals surface area contributed by atoms with Gasteiger partial charge < -0.3 is 14.7 Å². The minimum atomic E-state index is -0.261. The molecule has 0 spiro atoms. The van der Waals surface area contributed by atoms with Gasteiger partial charge in [-0.05, 0) is 30.3 Å². The summed E-state index contributed by atoms with van der Waals surface area (Å²) in [5, 5.41) is 2.77. The maximum Gasteiger partial charge on any atom is 0.229 e. The van der Waals surface area contributed by atoms with Crippen LogP contribution in [0.25, 0.3) is 22.6 Å². The highest BCUT2D eigenvalue weighted by molar-refractivity contribution is 6.02. The average molecular weight is 352 g/mol. The number of anilines is 1. The Morgan fingerprint density at radius 2 is 2.04 bits per heavy atom. The van der Waals surface area contributed by atoms with E-state index < -0.39 is 0 Å². The van der Waals surface area contributed by atoms with Gasteiger partial charge in [0.1, 0.15) is 0 Å². The smallest absolute Gasteiger partial charge is 0.229 e. The fraction of sp³-hybridized carbons (Fsp3) is 0.222. The lowest BCUT2D eigenvalue weighted by Gasteiger charge is -2.13. The van der Waals surface area contributed by atoms with E-state index in [0.29, 0.717) is 17.3 Å². The van der Waals surface area contributed by atoms with E-state index >= 15 is 0 Å². The summed E-state index contributed by atoms with van der Waals surface area (Å²) in [6.07, 6.45) is 2.10. The summed E-state index contributed by atoms with van der Waals surface area (Å²) in [7, 11) is 0. The SMILES string of the molecule is O=C(CCN1C(=O)CCC1=O)Nc1ccc2nc(-c3ccco3)[nH]c2c1. The van der Waals surface area contributed by atoms with Crippen molar-refractivity contribution >= 4 is 34.4 Å². The van der Waals surface area contributed by atoms with Crippen molar-refractivity contribution in [2.75, 3.05) is 11.9 Å². The number of aromatic nitrogens is 2. The standard InChI is InChI=1S/C18H16N4O4/c23-15(7-8-22-16(24)5-6-17(22)25)19-11-3-4-12-13(10-11)21-18(20-12)14-2-1-9-26-14/h1-4,9-10H,5-8H2,(H,19,23)(H,20,21). The number of imidazole rings is 1. The number of nitrogens with one attached hydrogen (secondary N) is 2. The summed E-state index contributed by atoms with van der Waals surface area (Å²) in [6.45, 7) is 0.110. The van der Waals surface area contributed by atoms with Gasteiger partial charge in [0.05, 0.1) is 17.3 Å². The number of fused-ring (bicyclic) bond motifs is 1. The van der Waals surface area contributed by atoms with Gasteiger partial charge in [-0.25, -0.2) is 4.98 Å². The molecule has 0 bridgehead atoms. The normalized spacial score (nSPS) is 14.4. The van der Waals surface area contributed by atoms with E-state index in [-0.39, 0.29) is 43.5 Å². The van der Waals surface area contributed by atoms with Crippen LogP contribution in [0.2, 0.25) is 0 Å². The van der Waals surface area contributed by atoms with Gasteiger partial charge in [-0.1, -0.05) is 0 Å². The highest BCUT2D eigenvalue weighted by Gasteiger charge is 2.28. The second-order valence-corrected chi connectivity index (χ2v) is 6.03. The largest absolute Gasteiger partial charge is 0.461 e. The number of carbonyl (C=O) groups is 3. The van der Waals surface area contributed by atoms with Crippen LogP contribution in [0.15, 0.2) is 41.0 Å². The number of H-pyrrole nitrogens is 1. The first kappa shape index (κ1) is 16.1. The summed E-state index contributed by atoms with van der Waals surface area (Å²) in [5.41, 5.74) is 2.12. The first-order valence-electron chi connectivity index (χ1n) is 8.27. The Morgan fingerprint density at radius 1 is 1.23 bits per heavy atom. The zero-order chi connectivity index (χ0) is 18.1. The molecule has 26 heavy (non-hydrogen) atoms. The van der Waals surface area contributed by atoms with Crippen molar-refractivity contribution in [2.24, 2.45) is 0 Å². The molecule has 3 aromatic rings. The van der Waals surface area contributed by atoms with Crippen LogP contribution in [0.3, 0.4) is 0 Å². The molecule has 3 amide bonds. The molecule has 1 aliphatic heterocycles. The van der Waals surface area contributed by atoms with Crippen LogP contribution >= 0.6 is 0 Å². The average Bonchev–Trinajstić information content (AvgIpc) is 3.33. The van der Waals surface area contributed by atoms with Crippen molar-refractivity contribution < 1.29 is 18.8 Å². The molecule has 0 saturated carbocycles. The Bertz CT molecular complexity index is 974. The molecular formula is C18H16N4O4. The molecule has 0 atom stereocenters. The molecule has 8 heteroatoms.